The molecule has 0 spiro atoms. The van der Waals surface area contributed by atoms with Gasteiger partial charge in [-0.2, -0.15) is 4.98 Å². The van der Waals surface area contributed by atoms with E-state index in [4.69, 9.17) is 4.52 Å². The van der Waals surface area contributed by atoms with E-state index in [1.54, 1.807) is 6.92 Å². The first-order chi connectivity index (χ1) is 12.6. The van der Waals surface area contributed by atoms with Crippen molar-refractivity contribution in [1.82, 2.24) is 20.8 Å². The van der Waals surface area contributed by atoms with Gasteiger partial charge in [0.05, 0.1) is 0 Å². The molecule has 0 saturated carbocycles. The zero-order valence-corrected chi connectivity index (χ0v) is 14.9. The Hall–Kier alpha value is -3.15. The average molecular weight is 350 g/mol. The smallest absolute Gasteiger partial charge is 0.315 e. The van der Waals surface area contributed by atoms with Crippen molar-refractivity contribution < 1.29 is 9.32 Å². The Kier molecular flexibility index (Phi) is 5.63. The van der Waals surface area contributed by atoms with Gasteiger partial charge in [-0.1, -0.05) is 66.7 Å². The highest BCUT2D eigenvalue weighted by Crippen LogP contribution is 2.16. The first kappa shape index (κ1) is 17.7. The van der Waals surface area contributed by atoms with Gasteiger partial charge in [0.15, 0.2) is 0 Å². The summed E-state index contributed by atoms with van der Waals surface area (Å²) in [5.41, 5.74) is 3.09. The number of benzene rings is 2. The van der Waals surface area contributed by atoms with Gasteiger partial charge in [-0.15, -0.1) is 0 Å². The van der Waals surface area contributed by atoms with Crippen LogP contribution in [0.4, 0.5) is 4.79 Å². The highest BCUT2D eigenvalue weighted by atomic mass is 16.5. The fourth-order valence-corrected chi connectivity index (χ4v) is 2.58. The molecule has 0 aliphatic heterocycles. The van der Waals surface area contributed by atoms with Gasteiger partial charge >= 0.3 is 6.03 Å². The Balaban J connectivity index is 1.45. The maximum atomic E-state index is 12.0. The van der Waals surface area contributed by atoms with E-state index in [1.807, 2.05) is 42.5 Å². The van der Waals surface area contributed by atoms with Crippen molar-refractivity contribution in [3.63, 3.8) is 0 Å². The van der Waals surface area contributed by atoms with E-state index in [-0.39, 0.29) is 11.9 Å². The largest absolute Gasteiger partial charge is 0.339 e. The zero-order chi connectivity index (χ0) is 18.4. The number of hydrogen-bond donors (Lipinski definition) is 2. The number of urea groups is 1. The summed E-state index contributed by atoms with van der Waals surface area (Å²) >= 11 is 0. The number of nitrogens with one attached hydrogen (secondary N) is 2. The number of rotatable bonds is 6. The topological polar surface area (TPSA) is 80.0 Å². The van der Waals surface area contributed by atoms with Gasteiger partial charge < -0.3 is 15.2 Å². The summed E-state index contributed by atoms with van der Waals surface area (Å²) in [6.07, 6.45) is 0. The molecule has 3 aromatic rings. The van der Waals surface area contributed by atoms with E-state index in [2.05, 4.69) is 39.8 Å². The maximum Gasteiger partial charge on any atom is 0.315 e. The molecule has 2 aromatic carbocycles. The highest BCUT2D eigenvalue weighted by molar-refractivity contribution is 5.73. The molecule has 1 atom stereocenters. The van der Waals surface area contributed by atoms with E-state index >= 15 is 0 Å². The lowest BCUT2D eigenvalue weighted by molar-refractivity contribution is 0.240. The number of aromatic nitrogens is 2. The molecule has 1 aromatic heterocycles. The van der Waals surface area contributed by atoms with Gasteiger partial charge in [0.2, 0.25) is 11.7 Å². The lowest BCUT2D eigenvalue weighted by atomic mass is 10.0. The highest BCUT2D eigenvalue weighted by Gasteiger charge is 2.08. The lowest BCUT2D eigenvalue weighted by Crippen LogP contribution is -2.37. The summed E-state index contributed by atoms with van der Waals surface area (Å²) in [7, 11) is 0. The molecule has 0 fully saturated rings. The Morgan fingerprint density at radius 3 is 2.46 bits per heavy atom. The Labute approximate surface area is 152 Å². The first-order valence-corrected chi connectivity index (χ1v) is 8.58. The standard InChI is InChI=1S/C20H22N4O2/c1-14(17-6-4-3-5-7-17)12-21-20(25)22-13-16-8-10-18(11-9-16)19-23-15(2)26-24-19/h3-11,14H,12-13H2,1-2H3,(H2,21,22,25)/t14-/m1/s1. The Bertz CT molecular complexity index is 844. The van der Waals surface area contributed by atoms with Gasteiger partial charge in [-0.25, -0.2) is 4.79 Å². The third-order valence-corrected chi connectivity index (χ3v) is 4.13. The molecule has 1 heterocycles. The van der Waals surface area contributed by atoms with E-state index < -0.39 is 0 Å². The molecule has 0 aliphatic carbocycles. The summed E-state index contributed by atoms with van der Waals surface area (Å²) in [6.45, 7) is 4.89. The van der Waals surface area contributed by atoms with Crippen molar-refractivity contribution in [1.29, 1.82) is 0 Å². The summed E-state index contributed by atoms with van der Waals surface area (Å²) in [4.78, 5) is 16.2. The average Bonchev–Trinajstić information content (AvgIpc) is 3.12. The monoisotopic (exact) mass is 350 g/mol. The molecule has 2 amide bonds. The van der Waals surface area contributed by atoms with Gasteiger partial charge in [0.1, 0.15) is 0 Å². The summed E-state index contributed by atoms with van der Waals surface area (Å²) < 4.78 is 4.98. The van der Waals surface area contributed by atoms with Crippen LogP contribution in [-0.2, 0) is 6.54 Å². The van der Waals surface area contributed by atoms with Crippen LogP contribution in [0.1, 0.15) is 29.9 Å². The number of carbonyl (C=O) groups is 1. The van der Waals surface area contributed by atoms with Crippen molar-refractivity contribution in [2.45, 2.75) is 26.3 Å². The molecule has 3 rings (SSSR count). The summed E-state index contributed by atoms with van der Waals surface area (Å²) in [6, 6.07) is 17.7. The molecule has 0 bridgehead atoms. The van der Waals surface area contributed by atoms with Crippen LogP contribution in [0.3, 0.4) is 0 Å². The van der Waals surface area contributed by atoms with Crippen molar-refractivity contribution in [3.05, 3.63) is 71.6 Å². The molecule has 0 aliphatic rings. The van der Waals surface area contributed by atoms with Gasteiger partial charge in [-0.05, 0) is 17.0 Å². The fourth-order valence-electron chi connectivity index (χ4n) is 2.58. The molecular formula is C20H22N4O2. The quantitative estimate of drug-likeness (QED) is 0.711. The van der Waals surface area contributed by atoms with Gasteiger partial charge in [0, 0.05) is 25.6 Å². The van der Waals surface area contributed by atoms with Crippen LogP contribution >= 0.6 is 0 Å². The molecule has 6 nitrogen and oxygen atoms in total. The minimum atomic E-state index is -0.175. The van der Waals surface area contributed by atoms with Crippen molar-refractivity contribution in [2.75, 3.05) is 6.54 Å². The fraction of sp³-hybridized carbons (Fsp3) is 0.250. The van der Waals surface area contributed by atoms with Crippen LogP contribution in [0.2, 0.25) is 0 Å². The second kappa shape index (κ2) is 8.29. The molecule has 0 radical (unpaired) electrons. The minimum absolute atomic E-state index is 0.175. The van der Waals surface area contributed by atoms with Crippen LogP contribution in [0, 0.1) is 6.92 Å². The molecule has 26 heavy (non-hydrogen) atoms. The predicted octanol–water partition coefficient (Wildman–Crippen LogP) is 3.65. The second-order valence-corrected chi connectivity index (χ2v) is 6.21. The molecule has 0 unspecified atom stereocenters. The Morgan fingerprint density at radius 2 is 1.81 bits per heavy atom. The molecule has 2 N–H and O–H groups in total. The normalized spacial score (nSPS) is 11.8. The van der Waals surface area contributed by atoms with E-state index in [0.717, 1.165) is 11.1 Å². The Morgan fingerprint density at radius 1 is 1.08 bits per heavy atom. The van der Waals surface area contributed by atoms with E-state index in [9.17, 15) is 4.79 Å². The van der Waals surface area contributed by atoms with E-state index in [1.165, 1.54) is 5.56 Å². The van der Waals surface area contributed by atoms with Gasteiger partial charge in [-0.3, -0.25) is 0 Å². The summed E-state index contributed by atoms with van der Waals surface area (Å²) in [5.74, 6) is 1.36. The van der Waals surface area contributed by atoms with Crippen molar-refractivity contribution >= 4 is 6.03 Å². The third kappa shape index (κ3) is 4.69. The number of nitrogens with zero attached hydrogens (tertiary/aromatic N) is 2. The molecular weight excluding hydrogens is 328 g/mol. The SMILES string of the molecule is Cc1nc(-c2ccc(CNC(=O)NC[C@@H](C)c3ccccc3)cc2)no1. The van der Waals surface area contributed by atoms with Crippen LogP contribution < -0.4 is 10.6 Å². The van der Waals surface area contributed by atoms with E-state index in [0.29, 0.717) is 24.8 Å². The molecule has 134 valence electrons. The molecule has 0 saturated heterocycles. The van der Waals surface area contributed by atoms with Gasteiger partial charge in [0.25, 0.3) is 0 Å². The number of hydrogen-bond acceptors (Lipinski definition) is 4. The second-order valence-electron chi connectivity index (χ2n) is 6.21. The number of carbonyl (C=O) groups excluding carboxylic acids is 1. The first-order valence-electron chi connectivity index (χ1n) is 8.58. The summed E-state index contributed by atoms with van der Waals surface area (Å²) in [5, 5.41) is 9.67. The molecule has 6 heteroatoms. The van der Waals surface area contributed by atoms with Crippen molar-refractivity contribution in [3.8, 4) is 11.4 Å². The minimum Gasteiger partial charge on any atom is -0.339 e. The number of amides is 2. The van der Waals surface area contributed by atoms with Crippen LogP contribution in [0.25, 0.3) is 11.4 Å². The van der Waals surface area contributed by atoms with Crippen LogP contribution in [0.5, 0.6) is 0 Å². The van der Waals surface area contributed by atoms with Crippen LogP contribution in [-0.4, -0.2) is 22.7 Å². The lowest BCUT2D eigenvalue weighted by Gasteiger charge is -2.13. The third-order valence-electron chi connectivity index (χ3n) is 4.13. The maximum absolute atomic E-state index is 12.0. The zero-order valence-electron chi connectivity index (χ0n) is 14.9. The van der Waals surface area contributed by atoms with Crippen molar-refractivity contribution in [2.24, 2.45) is 0 Å². The van der Waals surface area contributed by atoms with Crippen LogP contribution in [0.15, 0.2) is 59.1 Å². The predicted molar refractivity (Wildman–Crippen MR) is 99.6 cm³/mol. The number of aryl methyl sites for hydroxylation is 1.